The predicted molar refractivity (Wildman–Crippen MR) is 152 cm³/mol. The number of amides is 3. The standard InChI is InChI=1S/C29H41N5O6/c1-7-17(2)25(28(39)40-29(4,5)6)34-26(37)23(13-12-20(36)15-30)33-27(38)24(32-18(3)35)14-19-16-31-22-11-9-8-10-21(19)22/h8-11,15-17,23-25,30-31H,7,12-14H2,1-6H3,(H,32,35)(H,33,38)(H,34,37)/t17?,23-,24-,25-/m0/s1. The number of Topliss-reactive ketones (excluding diaryl/α,β-unsaturated/α-hetero) is 1. The molecule has 0 saturated heterocycles. The van der Waals surface area contributed by atoms with E-state index in [0.29, 0.717) is 12.6 Å². The third kappa shape index (κ3) is 9.62. The van der Waals surface area contributed by atoms with Gasteiger partial charge in [0.05, 0.1) is 6.21 Å². The summed E-state index contributed by atoms with van der Waals surface area (Å²) in [7, 11) is 0. The monoisotopic (exact) mass is 555 g/mol. The molecule has 1 aromatic carbocycles. The number of hydrogen-bond donors (Lipinski definition) is 5. The molecular weight excluding hydrogens is 514 g/mol. The number of carbonyl (C=O) groups is 5. The number of aromatic amines is 1. The Morgan fingerprint density at radius 3 is 2.27 bits per heavy atom. The number of aromatic nitrogens is 1. The fourth-order valence-corrected chi connectivity index (χ4v) is 4.16. The molecular formula is C29H41N5O6. The van der Waals surface area contributed by atoms with Crippen LogP contribution in [0.4, 0.5) is 0 Å². The van der Waals surface area contributed by atoms with Crippen molar-refractivity contribution in [1.29, 1.82) is 5.41 Å². The molecule has 2 rings (SSSR count). The molecule has 1 heterocycles. The van der Waals surface area contributed by atoms with Gasteiger partial charge in [-0.1, -0.05) is 38.5 Å². The highest BCUT2D eigenvalue weighted by molar-refractivity contribution is 6.26. The molecule has 0 spiro atoms. The maximum atomic E-state index is 13.4. The van der Waals surface area contributed by atoms with E-state index in [-0.39, 0.29) is 25.2 Å². The van der Waals surface area contributed by atoms with Gasteiger partial charge in [0.25, 0.3) is 0 Å². The van der Waals surface area contributed by atoms with E-state index in [1.54, 1.807) is 33.9 Å². The Bertz CT molecular complexity index is 1230. The van der Waals surface area contributed by atoms with Gasteiger partial charge in [0.1, 0.15) is 23.7 Å². The summed E-state index contributed by atoms with van der Waals surface area (Å²) in [5.74, 6) is -3.12. The fraction of sp³-hybridized carbons (Fsp3) is 0.517. The number of fused-ring (bicyclic) bond motifs is 1. The summed E-state index contributed by atoms with van der Waals surface area (Å²) in [4.78, 5) is 66.7. The van der Waals surface area contributed by atoms with E-state index in [0.717, 1.165) is 16.5 Å². The van der Waals surface area contributed by atoms with E-state index in [4.69, 9.17) is 10.1 Å². The first-order chi connectivity index (χ1) is 18.7. The number of benzene rings is 1. The Balaban J connectivity index is 2.30. The van der Waals surface area contributed by atoms with Crippen LogP contribution in [-0.4, -0.2) is 64.4 Å². The van der Waals surface area contributed by atoms with Crippen molar-refractivity contribution in [3.8, 4) is 0 Å². The van der Waals surface area contributed by atoms with Crippen molar-refractivity contribution in [2.75, 3.05) is 0 Å². The third-order valence-corrected chi connectivity index (χ3v) is 6.44. The van der Waals surface area contributed by atoms with Crippen LogP contribution in [0.5, 0.6) is 0 Å². The Labute approximate surface area is 234 Å². The van der Waals surface area contributed by atoms with Crippen molar-refractivity contribution >= 4 is 46.6 Å². The smallest absolute Gasteiger partial charge is 0.329 e. The van der Waals surface area contributed by atoms with Crippen molar-refractivity contribution in [3.63, 3.8) is 0 Å². The van der Waals surface area contributed by atoms with Gasteiger partial charge in [0.2, 0.25) is 17.7 Å². The lowest BCUT2D eigenvalue weighted by Crippen LogP contribution is -2.57. The number of para-hydroxylation sites is 1. The van der Waals surface area contributed by atoms with E-state index in [2.05, 4.69) is 20.9 Å². The first kappa shape index (κ1) is 32.2. The van der Waals surface area contributed by atoms with Crippen molar-refractivity contribution < 1.29 is 28.7 Å². The minimum absolute atomic E-state index is 0.104. The molecule has 2 aromatic rings. The fourth-order valence-electron chi connectivity index (χ4n) is 4.16. The molecule has 4 atom stereocenters. The Morgan fingerprint density at radius 1 is 1.02 bits per heavy atom. The molecule has 0 radical (unpaired) electrons. The summed E-state index contributed by atoms with van der Waals surface area (Å²) in [6.07, 6.45) is 2.86. The van der Waals surface area contributed by atoms with Crippen LogP contribution in [0.1, 0.15) is 66.4 Å². The van der Waals surface area contributed by atoms with Gasteiger partial charge in [-0.05, 0) is 44.7 Å². The van der Waals surface area contributed by atoms with Crippen LogP contribution < -0.4 is 16.0 Å². The summed E-state index contributed by atoms with van der Waals surface area (Å²) < 4.78 is 5.50. The summed E-state index contributed by atoms with van der Waals surface area (Å²) in [5.41, 5.74) is 0.900. The molecule has 5 N–H and O–H groups in total. The molecule has 0 bridgehead atoms. The highest BCUT2D eigenvalue weighted by atomic mass is 16.6. The molecule has 0 aliphatic rings. The number of rotatable bonds is 14. The van der Waals surface area contributed by atoms with Crippen LogP contribution in [0.2, 0.25) is 0 Å². The van der Waals surface area contributed by atoms with Crippen molar-refractivity contribution in [2.24, 2.45) is 5.92 Å². The largest absolute Gasteiger partial charge is 0.458 e. The van der Waals surface area contributed by atoms with Crippen molar-refractivity contribution in [3.05, 3.63) is 36.0 Å². The molecule has 1 aromatic heterocycles. The molecule has 3 amide bonds. The average Bonchev–Trinajstić information content (AvgIpc) is 3.29. The summed E-state index contributed by atoms with van der Waals surface area (Å²) in [6.45, 7) is 10.1. The SMILES string of the molecule is CCC(C)[C@H](NC(=O)[C@H](CCC(=O)C=N)NC(=O)[C@H](Cc1c[nH]c2ccccc12)NC(C)=O)C(=O)OC(C)(C)C. The van der Waals surface area contributed by atoms with E-state index in [1.807, 2.05) is 31.2 Å². The normalized spacial score (nSPS) is 14.3. The highest BCUT2D eigenvalue weighted by Crippen LogP contribution is 2.20. The van der Waals surface area contributed by atoms with Gasteiger partial charge >= 0.3 is 5.97 Å². The van der Waals surface area contributed by atoms with Crippen LogP contribution >= 0.6 is 0 Å². The lowest BCUT2D eigenvalue weighted by Gasteiger charge is -2.29. The zero-order valence-corrected chi connectivity index (χ0v) is 24.1. The van der Waals surface area contributed by atoms with Gasteiger partial charge in [-0.2, -0.15) is 0 Å². The average molecular weight is 556 g/mol. The molecule has 1 unspecified atom stereocenters. The minimum Gasteiger partial charge on any atom is -0.458 e. The van der Waals surface area contributed by atoms with E-state index in [9.17, 15) is 24.0 Å². The first-order valence-electron chi connectivity index (χ1n) is 13.4. The third-order valence-electron chi connectivity index (χ3n) is 6.44. The van der Waals surface area contributed by atoms with Crippen molar-refractivity contribution in [2.45, 2.75) is 91.0 Å². The molecule has 218 valence electrons. The van der Waals surface area contributed by atoms with Gasteiger partial charge < -0.3 is 31.1 Å². The van der Waals surface area contributed by atoms with Gasteiger partial charge in [-0.15, -0.1) is 0 Å². The topological polar surface area (TPSA) is 170 Å². The van der Waals surface area contributed by atoms with Gasteiger partial charge in [0, 0.05) is 36.9 Å². The molecule has 11 heteroatoms. The van der Waals surface area contributed by atoms with Gasteiger partial charge in [0.15, 0.2) is 5.78 Å². The number of carbonyl (C=O) groups excluding carboxylic acids is 5. The molecule has 11 nitrogen and oxygen atoms in total. The lowest BCUT2D eigenvalue weighted by atomic mass is 9.97. The Morgan fingerprint density at radius 2 is 1.68 bits per heavy atom. The van der Waals surface area contributed by atoms with Crippen LogP contribution in [-0.2, 0) is 35.1 Å². The lowest BCUT2D eigenvalue weighted by molar-refractivity contribution is -0.160. The van der Waals surface area contributed by atoms with Crippen LogP contribution in [0, 0.1) is 11.3 Å². The summed E-state index contributed by atoms with van der Waals surface area (Å²) in [6, 6.07) is 4.34. The zero-order chi connectivity index (χ0) is 30.0. The molecule has 0 fully saturated rings. The van der Waals surface area contributed by atoms with Crippen LogP contribution in [0.3, 0.4) is 0 Å². The molecule has 0 aliphatic heterocycles. The van der Waals surface area contributed by atoms with Crippen molar-refractivity contribution in [1.82, 2.24) is 20.9 Å². The first-order valence-corrected chi connectivity index (χ1v) is 13.4. The number of hydrogen-bond acceptors (Lipinski definition) is 7. The second-order valence-electron chi connectivity index (χ2n) is 10.9. The van der Waals surface area contributed by atoms with E-state index in [1.165, 1.54) is 6.92 Å². The molecule has 0 saturated carbocycles. The van der Waals surface area contributed by atoms with E-state index < -0.39 is 53.2 Å². The summed E-state index contributed by atoms with van der Waals surface area (Å²) in [5, 5.41) is 16.1. The van der Waals surface area contributed by atoms with Crippen LogP contribution in [0.15, 0.2) is 30.5 Å². The predicted octanol–water partition coefficient (Wildman–Crippen LogP) is 2.57. The number of ketones is 1. The maximum Gasteiger partial charge on any atom is 0.329 e. The molecule has 0 aliphatic carbocycles. The second-order valence-corrected chi connectivity index (χ2v) is 10.9. The number of esters is 1. The van der Waals surface area contributed by atoms with Gasteiger partial charge in [-0.3, -0.25) is 19.2 Å². The number of nitrogens with one attached hydrogen (secondary N) is 5. The highest BCUT2D eigenvalue weighted by Gasteiger charge is 2.34. The van der Waals surface area contributed by atoms with Gasteiger partial charge in [-0.25, -0.2) is 4.79 Å². The second kappa shape index (κ2) is 14.4. The maximum absolute atomic E-state index is 13.4. The number of H-pyrrole nitrogens is 1. The Kier molecular flexibility index (Phi) is 11.6. The molecule has 40 heavy (non-hydrogen) atoms. The summed E-state index contributed by atoms with van der Waals surface area (Å²) >= 11 is 0. The van der Waals surface area contributed by atoms with Crippen LogP contribution in [0.25, 0.3) is 10.9 Å². The van der Waals surface area contributed by atoms with E-state index >= 15 is 0 Å². The minimum atomic E-state index is -1.20. The Hall–Kier alpha value is -4.02. The zero-order valence-electron chi connectivity index (χ0n) is 24.1. The quantitative estimate of drug-likeness (QED) is 0.177. The number of ether oxygens (including phenoxy) is 1.